The maximum atomic E-state index is 11.1. The fourth-order valence-electron chi connectivity index (χ4n) is 1.08. The van der Waals surface area contributed by atoms with Gasteiger partial charge in [0.1, 0.15) is 5.52 Å². The average molecular weight is 177 g/mol. The number of carbonyl (C=O) groups excluding carboxylic acids is 1. The zero-order valence-electron chi connectivity index (χ0n) is 6.98. The summed E-state index contributed by atoms with van der Waals surface area (Å²) in [5.74, 6) is -0.411. The third-order valence-corrected chi connectivity index (χ3v) is 1.72. The fraction of sp³-hybridized carbons (Fsp3) is 0.111. The van der Waals surface area contributed by atoms with Gasteiger partial charge in [-0.3, -0.25) is 4.98 Å². The van der Waals surface area contributed by atoms with Crippen LogP contribution in [-0.4, -0.2) is 18.1 Å². The molecule has 2 aromatic heterocycles. The number of methoxy groups -OCH3 is 1. The SMILES string of the molecule is COC(=O)c1cnc2ccoc2c1. The van der Waals surface area contributed by atoms with Gasteiger partial charge < -0.3 is 9.15 Å². The van der Waals surface area contributed by atoms with E-state index in [2.05, 4.69) is 9.72 Å². The van der Waals surface area contributed by atoms with Crippen molar-refractivity contribution >= 4 is 17.1 Å². The van der Waals surface area contributed by atoms with Crippen LogP contribution in [0.5, 0.6) is 0 Å². The highest BCUT2D eigenvalue weighted by atomic mass is 16.5. The lowest BCUT2D eigenvalue weighted by atomic mass is 10.2. The zero-order valence-corrected chi connectivity index (χ0v) is 6.98. The van der Waals surface area contributed by atoms with Crippen LogP contribution in [0.15, 0.2) is 29.0 Å². The van der Waals surface area contributed by atoms with Crippen molar-refractivity contribution in [3.63, 3.8) is 0 Å². The van der Waals surface area contributed by atoms with Crippen LogP contribution in [0, 0.1) is 0 Å². The Hall–Kier alpha value is -1.84. The molecule has 0 aliphatic carbocycles. The molecule has 66 valence electrons. The van der Waals surface area contributed by atoms with Crippen molar-refractivity contribution in [1.82, 2.24) is 4.98 Å². The predicted molar refractivity (Wildman–Crippen MR) is 45.3 cm³/mol. The van der Waals surface area contributed by atoms with E-state index < -0.39 is 5.97 Å². The third kappa shape index (κ3) is 1.26. The van der Waals surface area contributed by atoms with E-state index in [0.29, 0.717) is 11.1 Å². The molecule has 0 fully saturated rings. The highest BCUT2D eigenvalue weighted by Gasteiger charge is 2.07. The summed E-state index contributed by atoms with van der Waals surface area (Å²) in [4.78, 5) is 15.1. The first-order valence-corrected chi connectivity index (χ1v) is 3.73. The van der Waals surface area contributed by atoms with Gasteiger partial charge in [0.25, 0.3) is 0 Å². The maximum absolute atomic E-state index is 11.1. The van der Waals surface area contributed by atoms with Crippen molar-refractivity contribution in [3.8, 4) is 0 Å². The molecule has 13 heavy (non-hydrogen) atoms. The molecule has 0 atom stereocenters. The molecule has 0 amide bonds. The van der Waals surface area contributed by atoms with E-state index in [4.69, 9.17) is 4.42 Å². The van der Waals surface area contributed by atoms with Crippen LogP contribution in [0.2, 0.25) is 0 Å². The Labute approximate surface area is 74.1 Å². The van der Waals surface area contributed by atoms with Crippen LogP contribution in [0.4, 0.5) is 0 Å². The number of pyridine rings is 1. The number of carbonyl (C=O) groups is 1. The minimum absolute atomic E-state index is 0.393. The number of rotatable bonds is 1. The summed E-state index contributed by atoms with van der Waals surface area (Å²) in [7, 11) is 1.33. The number of fused-ring (bicyclic) bond motifs is 1. The number of aromatic nitrogens is 1. The highest BCUT2D eigenvalue weighted by molar-refractivity contribution is 5.92. The Morgan fingerprint density at radius 1 is 1.62 bits per heavy atom. The molecule has 0 radical (unpaired) electrons. The van der Waals surface area contributed by atoms with Gasteiger partial charge in [-0.1, -0.05) is 0 Å². The molecule has 4 nitrogen and oxygen atoms in total. The van der Waals surface area contributed by atoms with Gasteiger partial charge in [0.2, 0.25) is 0 Å². The number of nitrogens with zero attached hydrogens (tertiary/aromatic N) is 1. The van der Waals surface area contributed by atoms with Crippen molar-refractivity contribution in [3.05, 3.63) is 30.2 Å². The van der Waals surface area contributed by atoms with Gasteiger partial charge in [0.05, 0.1) is 18.9 Å². The van der Waals surface area contributed by atoms with Crippen LogP contribution >= 0.6 is 0 Å². The summed E-state index contributed by atoms with van der Waals surface area (Å²) in [6, 6.07) is 3.34. The van der Waals surface area contributed by atoms with Crippen LogP contribution in [0.1, 0.15) is 10.4 Å². The van der Waals surface area contributed by atoms with E-state index in [1.165, 1.54) is 19.6 Å². The predicted octanol–water partition coefficient (Wildman–Crippen LogP) is 1.61. The molecule has 0 aliphatic heterocycles. The first-order valence-electron chi connectivity index (χ1n) is 3.73. The van der Waals surface area contributed by atoms with Crippen LogP contribution < -0.4 is 0 Å². The molecule has 4 heteroatoms. The van der Waals surface area contributed by atoms with E-state index in [9.17, 15) is 4.79 Å². The summed E-state index contributed by atoms with van der Waals surface area (Å²) in [6.45, 7) is 0. The maximum Gasteiger partial charge on any atom is 0.339 e. The smallest absolute Gasteiger partial charge is 0.339 e. The van der Waals surface area contributed by atoms with Crippen LogP contribution in [-0.2, 0) is 4.74 Å². The van der Waals surface area contributed by atoms with E-state index in [1.54, 1.807) is 12.1 Å². The Morgan fingerprint density at radius 3 is 3.23 bits per heavy atom. The second-order valence-electron chi connectivity index (χ2n) is 2.52. The van der Waals surface area contributed by atoms with E-state index in [-0.39, 0.29) is 0 Å². The van der Waals surface area contributed by atoms with Crippen LogP contribution in [0.25, 0.3) is 11.1 Å². The van der Waals surface area contributed by atoms with Crippen molar-refractivity contribution in [1.29, 1.82) is 0 Å². The summed E-state index contributed by atoms with van der Waals surface area (Å²) >= 11 is 0. The monoisotopic (exact) mass is 177 g/mol. The molecule has 0 aromatic carbocycles. The lowest BCUT2D eigenvalue weighted by Crippen LogP contribution is -2.00. The summed E-state index contributed by atoms with van der Waals surface area (Å²) in [6.07, 6.45) is 2.99. The number of hydrogen-bond acceptors (Lipinski definition) is 4. The van der Waals surface area contributed by atoms with E-state index in [0.717, 1.165) is 5.52 Å². The molecule has 0 bridgehead atoms. The molecule has 2 rings (SSSR count). The Bertz CT molecular complexity index is 447. The lowest BCUT2D eigenvalue weighted by Gasteiger charge is -1.96. The molecule has 0 spiro atoms. The molecule has 0 saturated heterocycles. The van der Waals surface area contributed by atoms with Gasteiger partial charge in [0, 0.05) is 12.3 Å². The molecule has 0 saturated carbocycles. The number of furan rings is 1. The van der Waals surface area contributed by atoms with Crippen molar-refractivity contribution in [2.75, 3.05) is 7.11 Å². The number of ether oxygens (including phenoxy) is 1. The second kappa shape index (κ2) is 2.90. The summed E-state index contributed by atoms with van der Waals surface area (Å²) < 4.78 is 9.62. The van der Waals surface area contributed by atoms with Gasteiger partial charge in [-0.15, -0.1) is 0 Å². The normalized spacial score (nSPS) is 10.2. The summed E-state index contributed by atoms with van der Waals surface area (Å²) in [5, 5.41) is 0. The minimum Gasteiger partial charge on any atom is -0.465 e. The fourth-order valence-corrected chi connectivity index (χ4v) is 1.08. The first-order chi connectivity index (χ1) is 6.31. The molecule has 0 aliphatic rings. The van der Waals surface area contributed by atoms with Crippen molar-refractivity contribution in [2.45, 2.75) is 0 Å². The Kier molecular flexibility index (Phi) is 1.73. The Morgan fingerprint density at radius 2 is 2.46 bits per heavy atom. The van der Waals surface area contributed by atoms with Gasteiger partial charge in [-0.05, 0) is 6.07 Å². The standard InChI is InChI=1S/C9H7NO3/c1-12-9(11)6-4-8-7(10-5-6)2-3-13-8/h2-5H,1H3. The van der Waals surface area contributed by atoms with Crippen molar-refractivity contribution in [2.24, 2.45) is 0 Å². The molecule has 0 N–H and O–H groups in total. The molecule has 2 aromatic rings. The van der Waals surface area contributed by atoms with E-state index >= 15 is 0 Å². The molecular weight excluding hydrogens is 170 g/mol. The quantitative estimate of drug-likeness (QED) is 0.621. The topological polar surface area (TPSA) is 52.3 Å². The lowest BCUT2D eigenvalue weighted by molar-refractivity contribution is 0.0600. The molecule has 2 heterocycles. The van der Waals surface area contributed by atoms with Crippen LogP contribution in [0.3, 0.4) is 0 Å². The highest BCUT2D eigenvalue weighted by Crippen LogP contribution is 2.14. The average Bonchev–Trinajstić information content (AvgIpc) is 2.63. The minimum atomic E-state index is -0.411. The zero-order chi connectivity index (χ0) is 9.26. The largest absolute Gasteiger partial charge is 0.465 e. The van der Waals surface area contributed by atoms with Gasteiger partial charge >= 0.3 is 5.97 Å². The van der Waals surface area contributed by atoms with Gasteiger partial charge in [-0.2, -0.15) is 0 Å². The molecule has 0 unspecified atom stereocenters. The second-order valence-corrected chi connectivity index (χ2v) is 2.52. The van der Waals surface area contributed by atoms with Crippen molar-refractivity contribution < 1.29 is 13.9 Å². The first kappa shape index (κ1) is 7.79. The van der Waals surface area contributed by atoms with Gasteiger partial charge in [-0.25, -0.2) is 4.79 Å². The summed E-state index contributed by atoms with van der Waals surface area (Å²) in [5.41, 5.74) is 1.71. The number of hydrogen-bond donors (Lipinski definition) is 0. The molecular formula is C9H7NO3. The van der Waals surface area contributed by atoms with E-state index in [1.807, 2.05) is 0 Å². The number of esters is 1. The third-order valence-electron chi connectivity index (χ3n) is 1.72. The van der Waals surface area contributed by atoms with Gasteiger partial charge in [0.15, 0.2) is 5.58 Å². The Balaban J connectivity index is 2.54.